The summed E-state index contributed by atoms with van der Waals surface area (Å²) in [5.41, 5.74) is -1.15. The van der Waals surface area contributed by atoms with Crippen LogP contribution in [0.2, 0.25) is 0 Å². The number of carbonyl (C=O) groups is 2. The molecular weight excluding hydrogens is 358 g/mol. The molecule has 7 heteroatoms. The van der Waals surface area contributed by atoms with Gasteiger partial charge in [0.25, 0.3) is 5.91 Å². The SMILES string of the molecule is O=C(COc1ccccc1Br)NC1(C(=O)O)CCSCC1. The Hall–Kier alpha value is -1.21. The lowest BCUT2D eigenvalue weighted by Crippen LogP contribution is -2.57. The maximum absolute atomic E-state index is 12.0. The van der Waals surface area contributed by atoms with Gasteiger partial charge in [0.15, 0.2) is 6.61 Å². The lowest BCUT2D eigenvalue weighted by atomic mass is 9.92. The van der Waals surface area contributed by atoms with E-state index in [2.05, 4.69) is 21.2 Å². The summed E-state index contributed by atoms with van der Waals surface area (Å²) in [4.78, 5) is 23.5. The quantitative estimate of drug-likeness (QED) is 0.827. The van der Waals surface area contributed by atoms with Crippen LogP contribution < -0.4 is 10.1 Å². The van der Waals surface area contributed by atoms with Gasteiger partial charge in [0, 0.05) is 0 Å². The number of carboxylic acid groups (broad SMARTS) is 1. The summed E-state index contributed by atoms with van der Waals surface area (Å²) in [5.74, 6) is 0.628. The highest BCUT2D eigenvalue weighted by Crippen LogP contribution is 2.27. The smallest absolute Gasteiger partial charge is 0.329 e. The van der Waals surface area contributed by atoms with Gasteiger partial charge in [0.2, 0.25) is 0 Å². The molecule has 1 amide bonds. The lowest BCUT2D eigenvalue weighted by Gasteiger charge is -2.33. The van der Waals surface area contributed by atoms with E-state index in [-0.39, 0.29) is 6.61 Å². The first kappa shape index (κ1) is 16.2. The summed E-state index contributed by atoms with van der Waals surface area (Å²) in [6.45, 7) is -0.204. The highest BCUT2D eigenvalue weighted by Gasteiger charge is 2.41. The van der Waals surface area contributed by atoms with Gasteiger partial charge in [0.05, 0.1) is 4.47 Å². The van der Waals surface area contributed by atoms with Gasteiger partial charge in [0.1, 0.15) is 11.3 Å². The number of para-hydroxylation sites is 1. The van der Waals surface area contributed by atoms with Crippen LogP contribution in [-0.2, 0) is 9.59 Å². The monoisotopic (exact) mass is 373 g/mol. The molecule has 0 saturated carbocycles. The molecule has 0 radical (unpaired) electrons. The van der Waals surface area contributed by atoms with E-state index < -0.39 is 17.4 Å². The minimum atomic E-state index is -1.15. The lowest BCUT2D eigenvalue weighted by molar-refractivity contribution is -0.148. The molecule has 0 unspecified atom stereocenters. The van der Waals surface area contributed by atoms with Gasteiger partial charge in [-0.15, -0.1) is 0 Å². The average Bonchev–Trinajstić information content (AvgIpc) is 2.47. The van der Waals surface area contributed by atoms with Crippen LogP contribution in [0.3, 0.4) is 0 Å². The standard InChI is InChI=1S/C14H16BrNO4S/c15-10-3-1-2-4-11(10)20-9-12(17)16-14(13(18)19)5-7-21-8-6-14/h1-4H,5-9H2,(H,16,17)(H,18,19). The molecule has 1 aliphatic heterocycles. The normalized spacial score (nSPS) is 17.0. The number of carboxylic acids is 1. The molecule has 0 spiro atoms. The van der Waals surface area contributed by atoms with E-state index in [9.17, 15) is 14.7 Å². The van der Waals surface area contributed by atoms with Crippen molar-refractivity contribution < 1.29 is 19.4 Å². The van der Waals surface area contributed by atoms with Crippen molar-refractivity contribution in [1.82, 2.24) is 5.32 Å². The number of benzene rings is 1. The van der Waals surface area contributed by atoms with Crippen molar-refractivity contribution in [3.8, 4) is 5.75 Å². The predicted octanol–water partition coefficient (Wildman–Crippen LogP) is 2.29. The van der Waals surface area contributed by atoms with E-state index in [1.165, 1.54) is 0 Å². The second-order valence-electron chi connectivity index (χ2n) is 4.77. The number of halogens is 1. The highest BCUT2D eigenvalue weighted by molar-refractivity contribution is 9.10. The van der Waals surface area contributed by atoms with Gasteiger partial charge in [-0.05, 0) is 52.4 Å². The number of amides is 1. The largest absolute Gasteiger partial charge is 0.483 e. The summed E-state index contributed by atoms with van der Waals surface area (Å²) < 4.78 is 6.16. The molecule has 1 fully saturated rings. The molecular formula is C14H16BrNO4S. The first-order chi connectivity index (χ1) is 10.0. The molecule has 2 N–H and O–H groups in total. The van der Waals surface area contributed by atoms with Crippen molar-refractivity contribution in [2.24, 2.45) is 0 Å². The topological polar surface area (TPSA) is 75.6 Å². The Balaban J connectivity index is 1.94. The van der Waals surface area contributed by atoms with E-state index in [4.69, 9.17) is 4.74 Å². The number of thioether (sulfide) groups is 1. The Morgan fingerprint density at radius 2 is 2.00 bits per heavy atom. The van der Waals surface area contributed by atoms with Crippen LogP contribution in [-0.4, -0.2) is 40.6 Å². The molecule has 0 aromatic heterocycles. The van der Waals surface area contributed by atoms with Gasteiger partial charge in [-0.1, -0.05) is 12.1 Å². The number of aliphatic carboxylic acids is 1. The van der Waals surface area contributed by atoms with Crippen LogP contribution in [0.1, 0.15) is 12.8 Å². The van der Waals surface area contributed by atoms with Crippen molar-refractivity contribution in [3.63, 3.8) is 0 Å². The zero-order valence-electron chi connectivity index (χ0n) is 11.3. The first-order valence-electron chi connectivity index (χ1n) is 6.53. The predicted molar refractivity (Wildman–Crippen MR) is 84.7 cm³/mol. The second kappa shape index (κ2) is 7.17. The van der Waals surface area contributed by atoms with Crippen molar-refractivity contribution >= 4 is 39.6 Å². The van der Waals surface area contributed by atoms with Crippen LogP contribution in [0.25, 0.3) is 0 Å². The average molecular weight is 374 g/mol. The Morgan fingerprint density at radius 1 is 1.33 bits per heavy atom. The Bertz CT molecular complexity index is 531. The molecule has 1 aromatic carbocycles. The van der Waals surface area contributed by atoms with E-state index in [0.29, 0.717) is 18.6 Å². The van der Waals surface area contributed by atoms with Crippen LogP contribution in [0.15, 0.2) is 28.7 Å². The fourth-order valence-electron chi connectivity index (χ4n) is 2.12. The number of hydrogen-bond donors (Lipinski definition) is 2. The van der Waals surface area contributed by atoms with E-state index in [1.54, 1.807) is 23.9 Å². The number of carbonyl (C=O) groups excluding carboxylic acids is 1. The molecule has 114 valence electrons. The van der Waals surface area contributed by atoms with Gasteiger partial charge in [-0.25, -0.2) is 4.79 Å². The third kappa shape index (κ3) is 4.14. The zero-order chi connectivity index (χ0) is 15.3. The van der Waals surface area contributed by atoms with Gasteiger partial charge in [-0.2, -0.15) is 11.8 Å². The summed E-state index contributed by atoms with van der Waals surface area (Å²) in [6.07, 6.45) is 0.877. The maximum Gasteiger partial charge on any atom is 0.329 e. The third-order valence-corrected chi connectivity index (χ3v) is 4.97. The summed E-state index contributed by atoms with van der Waals surface area (Å²) in [6, 6.07) is 7.19. The van der Waals surface area contributed by atoms with Crippen LogP contribution in [0.5, 0.6) is 5.75 Å². The Labute approximate surface area is 135 Å². The number of rotatable bonds is 5. The van der Waals surface area contributed by atoms with Crippen molar-refractivity contribution in [1.29, 1.82) is 0 Å². The number of ether oxygens (including phenoxy) is 1. The third-order valence-electron chi connectivity index (χ3n) is 3.33. The highest BCUT2D eigenvalue weighted by atomic mass is 79.9. The summed E-state index contributed by atoms with van der Waals surface area (Å²) in [5, 5.41) is 12.0. The molecule has 1 saturated heterocycles. The summed E-state index contributed by atoms with van der Waals surface area (Å²) >= 11 is 5.03. The van der Waals surface area contributed by atoms with Crippen LogP contribution in [0, 0.1) is 0 Å². The molecule has 21 heavy (non-hydrogen) atoms. The second-order valence-corrected chi connectivity index (χ2v) is 6.85. The molecule has 0 atom stereocenters. The van der Waals surface area contributed by atoms with Gasteiger partial charge < -0.3 is 15.2 Å². The fourth-order valence-corrected chi connectivity index (χ4v) is 3.71. The van der Waals surface area contributed by atoms with Crippen molar-refractivity contribution in [2.75, 3.05) is 18.1 Å². The number of hydrogen-bond acceptors (Lipinski definition) is 4. The molecule has 0 aliphatic carbocycles. The number of nitrogens with one attached hydrogen (secondary N) is 1. The minimum absolute atomic E-state index is 0.204. The Kier molecular flexibility index (Phi) is 5.52. The van der Waals surface area contributed by atoms with Crippen LogP contribution >= 0.6 is 27.7 Å². The summed E-state index contributed by atoms with van der Waals surface area (Å²) in [7, 11) is 0. The van der Waals surface area contributed by atoms with E-state index in [1.807, 2.05) is 12.1 Å². The van der Waals surface area contributed by atoms with Crippen LogP contribution in [0.4, 0.5) is 0 Å². The molecule has 2 rings (SSSR count). The molecule has 5 nitrogen and oxygen atoms in total. The Morgan fingerprint density at radius 3 is 2.62 bits per heavy atom. The molecule has 1 heterocycles. The van der Waals surface area contributed by atoms with Crippen molar-refractivity contribution in [3.05, 3.63) is 28.7 Å². The molecule has 1 aromatic rings. The zero-order valence-corrected chi connectivity index (χ0v) is 13.7. The minimum Gasteiger partial charge on any atom is -0.483 e. The van der Waals surface area contributed by atoms with Crippen molar-refractivity contribution in [2.45, 2.75) is 18.4 Å². The van der Waals surface area contributed by atoms with E-state index in [0.717, 1.165) is 16.0 Å². The molecule has 0 bridgehead atoms. The fraction of sp³-hybridized carbons (Fsp3) is 0.429. The maximum atomic E-state index is 12.0. The first-order valence-corrected chi connectivity index (χ1v) is 8.48. The molecule has 1 aliphatic rings. The van der Waals surface area contributed by atoms with E-state index >= 15 is 0 Å². The van der Waals surface area contributed by atoms with Gasteiger partial charge in [-0.3, -0.25) is 4.79 Å². The van der Waals surface area contributed by atoms with Gasteiger partial charge >= 0.3 is 5.97 Å².